The molecule has 0 radical (unpaired) electrons. The molecule has 5 nitrogen and oxygen atoms in total. The van der Waals surface area contributed by atoms with Gasteiger partial charge in [0.15, 0.2) is 5.76 Å². The number of para-hydroxylation sites is 1. The van der Waals surface area contributed by atoms with E-state index >= 15 is 0 Å². The number of benzene rings is 3. The van der Waals surface area contributed by atoms with Crippen molar-refractivity contribution in [3.63, 3.8) is 0 Å². The molecule has 0 saturated heterocycles. The summed E-state index contributed by atoms with van der Waals surface area (Å²) in [6.45, 7) is 6.82. The van der Waals surface area contributed by atoms with Crippen LogP contribution in [0.5, 0.6) is 0 Å². The summed E-state index contributed by atoms with van der Waals surface area (Å²) in [6, 6.07) is 26.9. The minimum Gasteiger partial charge on any atom is -0.453 e. The van der Waals surface area contributed by atoms with Crippen molar-refractivity contribution >= 4 is 34.0 Å². The molecule has 290 valence electrons. The predicted octanol–water partition coefficient (Wildman–Crippen LogP) is 13.6. The second kappa shape index (κ2) is 14.6. The number of hydrogen-bond acceptors (Lipinski definition) is 4. The average molecular weight is 769 g/mol. The molecule has 0 amide bonds. The van der Waals surface area contributed by atoms with Gasteiger partial charge in [-0.15, -0.1) is 5.73 Å². The molecule has 7 aliphatic rings. The fourth-order valence-electron chi connectivity index (χ4n) is 10.0. The molecule has 1 atom stereocenters. The first kappa shape index (κ1) is 35.5. The number of nitrogens with zero attached hydrogens (tertiary/aromatic N) is 4. The van der Waals surface area contributed by atoms with E-state index in [0.717, 1.165) is 86.4 Å². The van der Waals surface area contributed by atoms with Crippen LogP contribution in [-0.2, 0) is 11.2 Å². The number of anilines is 3. The summed E-state index contributed by atoms with van der Waals surface area (Å²) in [5.41, 5.74) is 20.7. The highest BCUT2D eigenvalue weighted by molar-refractivity contribution is 6.02. The zero-order chi connectivity index (χ0) is 39.5. The Labute approximate surface area is 347 Å². The zero-order valence-electron chi connectivity index (χ0n) is 33.7. The lowest BCUT2D eigenvalue weighted by Gasteiger charge is -2.35. The molecule has 4 aromatic rings. The maximum Gasteiger partial charge on any atom is 0.159 e. The number of aryl methyl sites for hydroxylation is 1. The van der Waals surface area contributed by atoms with Crippen LogP contribution < -0.4 is 9.80 Å². The van der Waals surface area contributed by atoms with Crippen molar-refractivity contribution in [3.8, 4) is 5.69 Å². The van der Waals surface area contributed by atoms with Gasteiger partial charge in [0, 0.05) is 63.6 Å². The smallest absolute Gasteiger partial charge is 0.159 e. The Balaban J connectivity index is 1.01. The second-order valence-corrected chi connectivity index (χ2v) is 16.5. The van der Waals surface area contributed by atoms with Crippen molar-refractivity contribution in [2.75, 3.05) is 9.80 Å². The highest BCUT2D eigenvalue weighted by Crippen LogP contribution is 2.46. The fraction of sp³-hybridized carbons (Fsp3) is 0.204. The highest BCUT2D eigenvalue weighted by atomic mass is 16.5. The molecule has 3 aromatic carbocycles. The maximum atomic E-state index is 6.28. The Hall–Kier alpha value is -6.68. The van der Waals surface area contributed by atoms with Gasteiger partial charge < -0.3 is 24.0 Å². The minimum absolute atomic E-state index is 0.447. The number of rotatable bonds is 6. The summed E-state index contributed by atoms with van der Waals surface area (Å²) >= 11 is 0. The minimum atomic E-state index is 0.447. The molecular formula is C54H48N4O. The largest absolute Gasteiger partial charge is 0.453 e. The van der Waals surface area contributed by atoms with Crippen LogP contribution in [0.1, 0.15) is 69.5 Å². The van der Waals surface area contributed by atoms with E-state index in [9.17, 15) is 0 Å². The quantitative estimate of drug-likeness (QED) is 0.182. The van der Waals surface area contributed by atoms with Crippen molar-refractivity contribution in [3.05, 3.63) is 214 Å². The fourth-order valence-corrected chi connectivity index (χ4v) is 10.0. The lowest BCUT2D eigenvalue weighted by molar-refractivity contribution is 0.314. The molecule has 3 heterocycles. The molecule has 59 heavy (non-hydrogen) atoms. The van der Waals surface area contributed by atoms with Crippen molar-refractivity contribution in [2.24, 2.45) is 5.92 Å². The van der Waals surface area contributed by atoms with Crippen molar-refractivity contribution in [2.45, 2.75) is 64.7 Å². The van der Waals surface area contributed by atoms with Gasteiger partial charge in [-0.25, -0.2) is 0 Å². The number of fused-ring (bicyclic) bond motifs is 3. The number of allylic oxidation sites excluding steroid dienone is 16. The third kappa shape index (κ3) is 6.08. The first-order chi connectivity index (χ1) is 29.1. The van der Waals surface area contributed by atoms with Crippen LogP contribution in [0.4, 0.5) is 17.1 Å². The number of ether oxygens (including phenoxy) is 1. The van der Waals surface area contributed by atoms with Gasteiger partial charge >= 0.3 is 0 Å². The summed E-state index contributed by atoms with van der Waals surface area (Å²) in [4.78, 5) is 7.37. The van der Waals surface area contributed by atoms with E-state index in [0.29, 0.717) is 5.92 Å². The van der Waals surface area contributed by atoms with E-state index in [1.54, 1.807) is 0 Å². The Morgan fingerprint density at radius 3 is 2.39 bits per heavy atom. The van der Waals surface area contributed by atoms with Gasteiger partial charge in [0.05, 0.1) is 22.6 Å². The van der Waals surface area contributed by atoms with E-state index in [-0.39, 0.29) is 0 Å². The second-order valence-electron chi connectivity index (χ2n) is 16.5. The Kier molecular flexibility index (Phi) is 8.78. The van der Waals surface area contributed by atoms with E-state index in [1.807, 2.05) is 12.2 Å². The standard InChI is InChI=1S/C54H48N4O/c1-37-34-35-55(46-18-8-6-16-44(46)38(2)36-37)39-26-28-41(29-27-39)56(40-14-4-3-5-15-40)50-22-12-23-51-54(50)45-17-7-9-19-47(45)57(51)42-30-32-43(33-31-42)58-48-20-10-11-24-52(48)59-53-25-13-21-49(53)58/h3-6,9,11-12,14-16,19,21-26,28,30-35,37H,2,7-8,10,17-18,20,27,29,36H2,1H3/b35-34-. The summed E-state index contributed by atoms with van der Waals surface area (Å²) in [5.74, 6) is 2.23. The van der Waals surface area contributed by atoms with Crippen molar-refractivity contribution in [1.29, 1.82) is 0 Å². The molecule has 0 bridgehead atoms. The third-order valence-corrected chi connectivity index (χ3v) is 12.7. The van der Waals surface area contributed by atoms with Crippen LogP contribution in [0, 0.1) is 5.92 Å². The first-order valence-corrected chi connectivity index (χ1v) is 21.4. The van der Waals surface area contributed by atoms with Crippen LogP contribution in [-0.4, -0.2) is 9.47 Å². The molecule has 5 aliphatic carbocycles. The molecule has 0 N–H and O–H groups in total. The van der Waals surface area contributed by atoms with Crippen LogP contribution in [0.2, 0.25) is 0 Å². The van der Waals surface area contributed by atoms with E-state index in [2.05, 4.69) is 172 Å². The predicted molar refractivity (Wildman–Crippen MR) is 243 cm³/mol. The molecule has 0 spiro atoms. The highest BCUT2D eigenvalue weighted by Gasteiger charge is 2.31. The van der Waals surface area contributed by atoms with Crippen molar-refractivity contribution < 1.29 is 4.74 Å². The van der Waals surface area contributed by atoms with Crippen LogP contribution in [0.25, 0.3) is 22.7 Å². The SMILES string of the molecule is C=C1CC(C)/C=C\N(C2=CC=C(N(c3ccccc3)c3cccc4c3c3c(n4-c4ccc(N5C6=C(C=C=C6)OC6=C5CCC=C6)cc4)C=CCC3)CC2)C2=C1C=CCC2. The van der Waals surface area contributed by atoms with Gasteiger partial charge in [-0.3, -0.25) is 0 Å². The number of aromatic nitrogens is 1. The molecular weight excluding hydrogens is 721 g/mol. The summed E-state index contributed by atoms with van der Waals surface area (Å²) in [5, 5.41) is 1.33. The van der Waals surface area contributed by atoms with Gasteiger partial charge in [0.25, 0.3) is 0 Å². The van der Waals surface area contributed by atoms with Crippen LogP contribution in [0.3, 0.4) is 0 Å². The van der Waals surface area contributed by atoms with Crippen molar-refractivity contribution in [1.82, 2.24) is 9.47 Å². The van der Waals surface area contributed by atoms with Gasteiger partial charge in [-0.1, -0.05) is 68.1 Å². The first-order valence-electron chi connectivity index (χ1n) is 21.4. The lowest BCUT2D eigenvalue weighted by atomic mass is 9.89. The Morgan fingerprint density at radius 2 is 1.54 bits per heavy atom. The molecule has 0 saturated carbocycles. The molecule has 1 unspecified atom stereocenters. The van der Waals surface area contributed by atoms with Crippen LogP contribution >= 0.6 is 0 Å². The summed E-state index contributed by atoms with van der Waals surface area (Å²) in [6.07, 6.45) is 36.0. The van der Waals surface area contributed by atoms with E-state index < -0.39 is 0 Å². The molecule has 5 heteroatoms. The molecule has 11 rings (SSSR count). The topological polar surface area (TPSA) is 23.9 Å². The molecule has 1 aromatic heterocycles. The van der Waals surface area contributed by atoms with Gasteiger partial charge in [-0.2, -0.15) is 0 Å². The zero-order valence-corrected chi connectivity index (χ0v) is 33.7. The van der Waals surface area contributed by atoms with Gasteiger partial charge in [-0.05, 0) is 153 Å². The summed E-state index contributed by atoms with van der Waals surface area (Å²) < 4.78 is 8.76. The Bertz CT molecular complexity index is 2780. The third-order valence-electron chi connectivity index (χ3n) is 12.7. The molecule has 2 aliphatic heterocycles. The number of hydrogen-bond donors (Lipinski definition) is 0. The monoisotopic (exact) mass is 768 g/mol. The van der Waals surface area contributed by atoms with E-state index in [4.69, 9.17) is 4.74 Å². The maximum absolute atomic E-state index is 6.28. The molecule has 0 fully saturated rings. The van der Waals surface area contributed by atoms with Crippen LogP contribution in [0.15, 0.2) is 203 Å². The van der Waals surface area contributed by atoms with Gasteiger partial charge in [0.1, 0.15) is 5.76 Å². The average Bonchev–Trinajstić information content (AvgIpc) is 3.89. The summed E-state index contributed by atoms with van der Waals surface area (Å²) in [7, 11) is 0. The van der Waals surface area contributed by atoms with E-state index in [1.165, 1.54) is 67.5 Å². The van der Waals surface area contributed by atoms with Gasteiger partial charge in [0.2, 0.25) is 0 Å². The Morgan fingerprint density at radius 1 is 0.746 bits per heavy atom. The lowest BCUT2D eigenvalue weighted by Crippen LogP contribution is -2.28. The normalized spacial score (nSPS) is 21.2.